The smallest absolute Gasteiger partial charge is 0.309 e. The molecule has 0 spiro atoms. The molecule has 8 heteroatoms. The van der Waals surface area contributed by atoms with Crippen LogP contribution in [0.4, 0.5) is 9.39 Å². The number of hydrogen-bond donors (Lipinski definition) is 1. The lowest BCUT2D eigenvalue weighted by Gasteiger charge is -2.02. The van der Waals surface area contributed by atoms with Gasteiger partial charge in [-0.25, -0.2) is 9.37 Å². The number of anilines is 1. The minimum absolute atomic E-state index is 0.206. The Morgan fingerprint density at radius 2 is 2.16 bits per heavy atom. The van der Waals surface area contributed by atoms with Crippen molar-refractivity contribution in [1.82, 2.24) is 4.98 Å². The highest BCUT2D eigenvalue weighted by Gasteiger charge is 2.49. The molecule has 0 radical (unpaired) electrons. The van der Waals surface area contributed by atoms with Crippen molar-refractivity contribution in [3.05, 3.63) is 45.3 Å². The first-order valence-corrected chi connectivity index (χ1v) is 8.86. The highest BCUT2D eigenvalue weighted by molar-refractivity contribution is 7.16. The van der Waals surface area contributed by atoms with Crippen LogP contribution >= 0.6 is 22.9 Å². The van der Waals surface area contributed by atoms with E-state index in [0.717, 1.165) is 5.01 Å². The average molecular weight is 383 g/mol. The maximum atomic E-state index is 13.4. The number of carbonyl (C=O) groups is 2. The number of halogens is 2. The van der Waals surface area contributed by atoms with Crippen LogP contribution in [0, 0.1) is 24.6 Å². The molecule has 3 rings (SSSR count). The van der Waals surface area contributed by atoms with Gasteiger partial charge in [0, 0.05) is 11.4 Å². The Bertz CT molecular complexity index is 819. The van der Waals surface area contributed by atoms with Crippen LogP contribution in [0.2, 0.25) is 5.02 Å². The summed E-state index contributed by atoms with van der Waals surface area (Å²) in [5.41, 5.74) is 1.40. The Morgan fingerprint density at radius 1 is 1.40 bits per heavy atom. The van der Waals surface area contributed by atoms with Gasteiger partial charge in [0.15, 0.2) is 0 Å². The molecule has 0 aliphatic heterocycles. The van der Waals surface area contributed by atoms with Crippen molar-refractivity contribution < 1.29 is 18.7 Å². The topological polar surface area (TPSA) is 68.3 Å². The molecule has 25 heavy (non-hydrogen) atoms. The molecule has 0 saturated heterocycles. The van der Waals surface area contributed by atoms with Gasteiger partial charge >= 0.3 is 5.97 Å². The third-order valence-electron chi connectivity index (χ3n) is 3.99. The Hall–Kier alpha value is -1.99. The van der Waals surface area contributed by atoms with Crippen molar-refractivity contribution >= 4 is 39.8 Å². The molecule has 132 valence electrons. The standard InChI is InChI=1S/C17H16ClFN2O3S/c1-8-16(21-15(22)12-7-13(12)17(23)24-2)25-14(20-8)5-9-3-10(18)6-11(19)4-9/h3-4,6,12-13H,5,7H2,1-2H3,(H,21,22)/t12-,13+/m0/s1. The van der Waals surface area contributed by atoms with Crippen LogP contribution in [0.3, 0.4) is 0 Å². The normalized spacial score (nSPS) is 18.7. The molecule has 1 amide bonds. The first-order valence-electron chi connectivity index (χ1n) is 7.67. The number of aromatic nitrogens is 1. The zero-order valence-electron chi connectivity index (χ0n) is 13.6. The van der Waals surface area contributed by atoms with Gasteiger partial charge in [-0.1, -0.05) is 11.6 Å². The van der Waals surface area contributed by atoms with E-state index >= 15 is 0 Å². The lowest BCUT2D eigenvalue weighted by atomic mass is 10.1. The van der Waals surface area contributed by atoms with Crippen molar-refractivity contribution in [1.29, 1.82) is 0 Å². The van der Waals surface area contributed by atoms with Crippen molar-refractivity contribution in [2.45, 2.75) is 19.8 Å². The Labute approximate surface area is 153 Å². The van der Waals surface area contributed by atoms with Crippen LogP contribution in [0.5, 0.6) is 0 Å². The summed E-state index contributed by atoms with van der Waals surface area (Å²) in [4.78, 5) is 28.0. The molecule has 0 bridgehead atoms. The summed E-state index contributed by atoms with van der Waals surface area (Å²) >= 11 is 7.19. The van der Waals surface area contributed by atoms with Crippen LogP contribution < -0.4 is 5.32 Å². The van der Waals surface area contributed by atoms with E-state index in [1.165, 1.54) is 30.6 Å². The van der Waals surface area contributed by atoms with Crippen molar-refractivity contribution in [3.63, 3.8) is 0 Å². The number of ether oxygens (including phenoxy) is 1. The molecule has 1 aromatic heterocycles. The average Bonchev–Trinajstić information content (AvgIpc) is 3.26. The summed E-state index contributed by atoms with van der Waals surface area (Å²) < 4.78 is 18.1. The van der Waals surface area contributed by atoms with Crippen LogP contribution in [-0.2, 0) is 20.7 Å². The molecule has 1 aliphatic carbocycles. The quantitative estimate of drug-likeness (QED) is 0.802. The third-order valence-corrected chi connectivity index (χ3v) is 5.28. The van der Waals surface area contributed by atoms with Crippen molar-refractivity contribution in [2.24, 2.45) is 11.8 Å². The Kier molecular flexibility index (Phi) is 5.06. The highest BCUT2D eigenvalue weighted by Crippen LogP contribution is 2.40. The van der Waals surface area contributed by atoms with E-state index < -0.39 is 5.82 Å². The fourth-order valence-corrected chi connectivity index (χ4v) is 3.88. The van der Waals surface area contributed by atoms with E-state index in [1.54, 1.807) is 13.0 Å². The van der Waals surface area contributed by atoms with Gasteiger partial charge in [0.25, 0.3) is 0 Å². The third kappa shape index (κ3) is 4.16. The molecular formula is C17H16ClFN2O3S. The minimum Gasteiger partial charge on any atom is -0.469 e. The van der Waals surface area contributed by atoms with Crippen molar-refractivity contribution in [2.75, 3.05) is 12.4 Å². The second kappa shape index (κ2) is 7.09. The summed E-state index contributed by atoms with van der Waals surface area (Å²) in [6, 6.07) is 4.34. The number of rotatable bonds is 5. The zero-order chi connectivity index (χ0) is 18.1. The second-order valence-corrected chi connectivity index (χ2v) is 7.46. The number of aryl methyl sites for hydroxylation is 1. The first-order chi connectivity index (χ1) is 11.9. The largest absolute Gasteiger partial charge is 0.469 e. The van der Waals surface area contributed by atoms with Gasteiger partial charge in [0.05, 0.1) is 29.6 Å². The Morgan fingerprint density at radius 3 is 2.84 bits per heavy atom. The van der Waals surface area contributed by atoms with E-state index in [1.807, 2.05) is 0 Å². The summed E-state index contributed by atoms with van der Waals surface area (Å²) in [7, 11) is 1.31. The van der Waals surface area contributed by atoms with Crippen LogP contribution in [0.15, 0.2) is 18.2 Å². The number of methoxy groups -OCH3 is 1. The van der Waals surface area contributed by atoms with Gasteiger partial charge in [0.1, 0.15) is 10.8 Å². The fourth-order valence-electron chi connectivity index (χ4n) is 2.63. The molecule has 1 fully saturated rings. The zero-order valence-corrected chi connectivity index (χ0v) is 15.2. The molecule has 1 saturated carbocycles. The van der Waals surface area contributed by atoms with Gasteiger partial charge in [-0.2, -0.15) is 0 Å². The van der Waals surface area contributed by atoms with Crippen LogP contribution in [0.1, 0.15) is 22.7 Å². The van der Waals surface area contributed by atoms with Gasteiger partial charge in [-0.15, -0.1) is 11.3 Å². The molecule has 2 aromatic rings. The summed E-state index contributed by atoms with van der Waals surface area (Å²) in [6.45, 7) is 1.79. The SMILES string of the molecule is COC(=O)[C@@H]1C[C@@H]1C(=O)Nc1sc(Cc2cc(F)cc(Cl)c2)nc1C. The predicted octanol–water partition coefficient (Wildman–Crippen LogP) is 3.58. The molecule has 2 atom stereocenters. The number of thiazole rings is 1. The lowest BCUT2D eigenvalue weighted by Crippen LogP contribution is -2.17. The summed E-state index contributed by atoms with van der Waals surface area (Å²) in [5, 5.41) is 4.53. The monoisotopic (exact) mass is 382 g/mol. The number of hydrogen-bond acceptors (Lipinski definition) is 5. The van der Waals surface area contributed by atoms with E-state index in [0.29, 0.717) is 34.1 Å². The number of nitrogens with one attached hydrogen (secondary N) is 1. The molecular weight excluding hydrogens is 367 g/mol. The molecule has 1 aromatic carbocycles. The van der Waals surface area contributed by atoms with E-state index in [9.17, 15) is 14.0 Å². The number of benzene rings is 1. The van der Waals surface area contributed by atoms with Gasteiger partial charge < -0.3 is 10.1 Å². The van der Waals surface area contributed by atoms with Crippen molar-refractivity contribution in [3.8, 4) is 0 Å². The summed E-state index contributed by atoms with van der Waals surface area (Å²) in [5.74, 6) is -1.66. The molecule has 5 nitrogen and oxygen atoms in total. The summed E-state index contributed by atoms with van der Waals surface area (Å²) in [6.07, 6.45) is 0.929. The highest BCUT2D eigenvalue weighted by atomic mass is 35.5. The van der Waals surface area contributed by atoms with Crippen LogP contribution in [-0.4, -0.2) is 24.0 Å². The lowest BCUT2D eigenvalue weighted by molar-refractivity contribution is -0.143. The molecule has 1 N–H and O–H groups in total. The fraction of sp³-hybridized carbons (Fsp3) is 0.353. The Balaban J connectivity index is 1.66. The number of carbonyl (C=O) groups excluding carboxylic acids is 2. The van der Waals surface area contributed by atoms with E-state index in [4.69, 9.17) is 11.6 Å². The number of nitrogens with zero attached hydrogens (tertiary/aromatic N) is 1. The van der Waals surface area contributed by atoms with E-state index in [-0.39, 0.29) is 23.7 Å². The second-order valence-electron chi connectivity index (χ2n) is 5.94. The van der Waals surface area contributed by atoms with Gasteiger partial charge in [0.2, 0.25) is 5.91 Å². The molecule has 1 aliphatic rings. The van der Waals surface area contributed by atoms with Gasteiger partial charge in [-0.3, -0.25) is 9.59 Å². The minimum atomic E-state index is -0.396. The first kappa shape index (κ1) is 17.8. The number of amides is 1. The maximum absolute atomic E-state index is 13.4. The molecule has 1 heterocycles. The van der Waals surface area contributed by atoms with E-state index in [2.05, 4.69) is 15.0 Å². The maximum Gasteiger partial charge on any atom is 0.309 e. The van der Waals surface area contributed by atoms with Crippen LogP contribution in [0.25, 0.3) is 0 Å². The van der Waals surface area contributed by atoms with Gasteiger partial charge in [-0.05, 0) is 37.1 Å². The molecule has 0 unspecified atom stereocenters. The predicted molar refractivity (Wildman–Crippen MR) is 93.3 cm³/mol. The number of esters is 1.